The van der Waals surface area contributed by atoms with E-state index in [-0.39, 0.29) is 16.5 Å². The summed E-state index contributed by atoms with van der Waals surface area (Å²) in [7, 11) is 0. The van der Waals surface area contributed by atoms with Crippen LogP contribution in [0.2, 0.25) is 5.15 Å². The summed E-state index contributed by atoms with van der Waals surface area (Å²) in [4.78, 5) is 12.0. The van der Waals surface area contributed by atoms with Crippen LogP contribution in [0.1, 0.15) is 23.0 Å². The Morgan fingerprint density at radius 1 is 1.48 bits per heavy atom. The van der Waals surface area contributed by atoms with Gasteiger partial charge in [0.05, 0.1) is 11.4 Å². The molecule has 1 aromatic heterocycles. The molecule has 1 heterocycles. The van der Waals surface area contributed by atoms with E-state index in [4.69, 9.17) is 21.6 Å². The third kappa shape index (κ3) is 3.03. The second kappa shape index (κ2) is 5.94. The molecule has 0 N–H and O–H groups in total. The van der Waals surface area contributed by atoms with E-state index >= 15 is 0 Å². The van der Waals surface area contributed by atoms with E-state index in [9.17, 15) is 9.18 Å². The molecule has 1 atom stereocenters. The minimum Gasteiger partial charge on any atom is -0.444 e. The number of aromatic nitrogens is 2. The van der Waals surface area contributed by atoms with Gasteiger partial charge < -0.3 is 4.74 Å². The van der Waals surface area contributed by atoms with E-state index in [2.05, 4.69) is 5.10 Å². The Kier molecular flexibility index (Phi) is 4.24. The fraction of sp³-hybridized carbons (Fsp3) is 0.214. The number of benzene rings is 1. The van der Waals surface area contributed by atoms with Gasteiger partial charge in [0.1, 0.15) is 22.6 Å². The number of aryl methyl sites for hydroxylation is 1. The van der Waals surface area contributed by atoms with Crippen molar-refractivity contribution in [3.05, 3.63) is 46.5 Å². The lowest BCUT2D eigenvalue weighted by Gasteiger charge is -2.06. The molecule has 0 aliphatic rings. The topological polar surface area (TPSA) is 67.9 Å². The Bertz CT molecular complexity index is 719. The summed E-state index contributed by atoms with van der Waals surface area (Å²) in [5.41, 5.74) is 0.958. The van der Waals surface area contributed by atoms with Crippen LogP contribution in [-0.4, -0.2) is 21.9 Å². The molecule has 0 aliphatic carbocycles. The first-order valence-electron chi connectivity index (χ1n) is 6.05. The lowest BCUT2D eigenvalue weighted by Crippen LogP contribution is -2.14. The van der Waals surface area contributed by atoms with Gasteiger partial charge in [-0.1, -0.05) is 11.6 Å². The lowest BCUT2D eigenvalue weighted by atomic mass is 10.2. The third-order valence-electron chi connectivity index (χ3n) is 2.74. The first-order chi connectivity index (χ1) is 9.93. The van der Waals surface area contributed by atoms with Gasteiger partial charge in [-0.15, -0.1) is 0 Å². The SMILES string of the molecule is Cc1nn(-c2ccc(F)cc2)c(Cl)c1C(=O)O[C@@H](C)C#N. The van der Waals surface area contributed by atoms with Gasteiger partial charge in [-0.05, 0) is 38.1 Å². The number of nitriles is 1. The maximum atomic E-state index is 12.9. The molecule has 1 aromatic carbocycles. The molecular formula is C14H11ClFN3O2. The number of rotatable bonds is 3. The van der Waals surface area contributed by atoms with Crippen molar-refractivity contribution in [2.45, 2.75) is 20.0 Å². The van der Waals surface area contributed by atoms with Gasteiger partial charge in [-0.3, -0.25) is 0 Å². The van der Waals surface area contributed by atoms with Crippen molar-refractivity contribution < 1.29 is 13.9 Å². The van der Waals surface area contributed by atoms with Crippen LogP contribution in [0, 0.1) is 24.1 Å². The van der Waals surface area contributed by atoms with Crippen molar-refractivity contribution in [2.24, 2.45) is 0 Å². The number of ether oxygens (including phenoxy) is 1. The van der Waals surface area contributed by atoms with Crippen LogP contribution in [0.5, 0.6) is 0 Å². The number of carbonyl (C=O) groups is 1. The van der Waals surface area contributed by atoms with Crippen molar-refractivity contribution in [1.29, 1.82) is 5.26 Å². The molecule has 0 bridgehead atoms. The molecular weight excluding hydrogens is 297 g/mol. The van der Waals surface area contributed by atoms with Crippen molar-refractivity contribution in [3.8, 4) is 11.8 Å². The average Bonchev–Trinajstić information content (AvgIpc) is 2.74. The molecule has 0 saturated carbocycles. The van der Waals surface area contributed by atoms with Crippen LogP contribution in [0.25, 0.3) is 5.69 Å². The number of hydrogen-bond donors (Lipinski definition) is 0. The van der Waals surface area contributed by atoms with Gasteiger partial charge in [0.15, 0.2) is 6.10 Å². The predicted octanol–water partition coefficient (Wildman–Crippen LogP) is 3.04. The van der Waals surface area contributed by atoms with Crippen LogP contribution in [-0.2, 0) is 4.74 Å². The zero-order chi connectivity index (χ0) is 15.6. The smallest absolute Gasteiger partial charge is 0.344 e. The Labute approximate surface area is 125 Å². The molecule has 0 saturated heterocycles. The van der Waals surface area contributed by atoms with Gasteiger partial charge in [-0.25, -0.2) is 13.9 Å². The lowest BCUT2D eigenvalue weighted by molar-refractivity contribution is 0.0435. The summed E-state index contributed by atoms with van der Waals surface area (Å²) in [6.07, 6.45) is -0.887. The van der Waals surface area contributed by atoms with Crippen LogP contribution < -0.4 is 0 Å². The second-order valence-corrected chi connectivity index (χ2v) is 4.67. The van der Waals surface area contributed by atoms with E-state index in [1.165, 1.54) is 35.9 Å². The summed E-state index contributed by atoms with van der Waals surface area (Å²) in [6.45, 7) is 3.05. The quantitative estimate of drug-likeness (QED) is 0.817. The van der Waals surface area contributed by atoms with E-state index in [1.54, 1.807) is 13.0 Å². The van der Waals surface area contributed by atoms with E-state index in [1.807, 2.05) is 0 Å². The van der Waals surface area contributed by atoms with Crippen molar-refractivity contribution in [2.75, 3.05) is 0 Å². The molecule has 5 nitrogen and oxygen atoms in total. The Morgan fingerprint density at radius 2 is 2.10 bits per heavy atom. The molecule has 0 amide bonds. The molecule has 0 fully saturated rings. The number of esters is 1. The highest BCUT2D eigenvalue weighted by molar-refractivity contribution is 6.33. The zero-order valence-electron chi connectivity index (χ0n) is 11.3. The maximum Gasteiger partial charge on any atom is 0.344 e. The van der Waals surface area contributed by atoms with E-state index in [0.29, 0.717) is 11.4 Å². The van der Waals surface area contributed by atoms with Crippen LogP contribution in [0.15, 0.2) is 24.3 Å². The van der Waals surface area contributed by atoms with E-state index in [0.717, 1.165) is 0 Å². The van der Waals surface area contributed by atoms with Crippen molar-refractivity contribution >= 4 is 17.6 Å². The van der Waals surface area contributed by atoms with Gasteiger partial charge in [0.25, 0.3) is 0 Å². The molecule has 0 unspecified atom stereocenters. The molecule has 0 spiro atoms. The predicted molar refractivity (Wildman–Crippen MR) is 73.8 cm³/mol. The monoisotopic (exact) mass is 307 g/mol. The minimum atomic E-state index is -0.887. The summed E-state index contributed by atoms with van der Waals surface area (Å²) < 4.78 is 19.2. The van der Waals surface area contributed by atoms with Gasteiger partial charge in [-0.2, -0.15) is 10.4 Å². The summed E-state index contributed by atoms with van der Waals surface area (Å²) in [5.74, 6) is -1.11. The van der Waals surface area contributed by atoms with Crippen LogP contribution >= 0.6 is 11.6 Å². The maximum absolute atomic E-state index is 12.9. The molecule has 0 aliphatic heterocycles. The Hall–Kier alpha value is -2.39. The fourth-order valence-electron chi connectivity index (χ4n) is 1.73. The molecule has 108 valence electrons. The molecule has 0 radical (unpaired) electrons. The molecule has 21 heavy (non-hydrogen) atoms. The number of nitrogens with zero attached hydrogens (tertiary/aromatic N) is 3. The number of hydrogen-bond acceptors (Lipinski definition) is 4. The summed E-state index contributed by atoms with van der Waals surface area (Å²) in [5, 5.41) is 12.9. The Morgan fingerprint density at radius 3 is 2.67 bits per heavy atom. The summed E-state index contributed by atoms with van der Waals surface area (Å²) >= 11 is 6.15. The first-order valence-corrected chi connectivity index (χ1v) is 6.43. The first kappa shape index (κ1) is 15.0. The third-order valence-corrected chi connectivity index (χ3v) is 3.09. The largest absolute Gasteiger partial charge is 0.444 e. The normalized spacial score (nSPS) is 11.8. The highest BCUT2D eigenvalue weighted by Crippen LogP contribution is 2.24. The van der Waals surface area contributed by atoms with Gasteiger partial charge in [0, 0.05) is 0 Å². The van der Waals surface area contributed by atoms with Crippen LogP contribution in [0.3, 0.4) is 0 Å². The van der Waals surface area contributed by atoms with Crippen LogP contribution in [0.4, 0.5) is 4.39 Å². The Balaban J connectivity index is 2.40. The minimum absolute atomic E-state index is 0.0502. The van der Waals surface area contributed by atoms with Crippen molar-refractivity contribution in [3.63, 3.8) is 0 Å². The summed E-state index contributed by atoms with van der Waals surface area (Å²) in [6, 6.07) is 7.29. The molecule has 7 heteroatoms. The van der Waals surface area contributed by atoms with Gasteiger partial charge in [0.2, 0.25) is 0 Å². The molecule has 2 aromatic rings. The standard InChI is InChI=1S/C14H11ClFN3O2/c1-8(7-17)21-14(20)12-9(2)18-19(13(12)15)11-5-3-10(16)4-6-11/h3-6,8H,1-2H3/t8-/m0/s1. The zero-order valence-corrected chi connectivity index (χ0v) is 12.1. The highest BCUT2D eigenvalue weighted by Gasteiger charge is 2.23. The highest BCUT2D eigenvalue weighted by atomic mass is 35.5. The number of carbonyl (C=O) groups excluding carboxylic acids is 1. The van der Waals surface area contributed by atoms with Crippen molar-refractivity contribution in [1.82, 2.24) is 9.78 Å². The van der Waals surface area contributed by atoms with E-state index < -0.39 is 12.1 Å². The average molecular weight is 308 g/mol. The number of halogens is 2. The second-order valence-electron chi connectivity index (χ2n) is 4.32. The van der Waals surface area contributed by atoms with Gasteiger partial charge >= 0.3 is 5.97 Å². The molecule has 2 rings (SSSR count). The fourth-order valence-corrected chi connectivity index (χ4v) is 2.08.